The summed E-state index contributed by atoms with van der Waals surface area (Å²) in [4.78, 5) is 13.6. The van der Waals surface area contributed by atoms with Gasteiger partial charge in [0.25, 0.3) is 5.91 Å². The molecule has 4 nitrogen and oxygen atoms in total. The lowest BCUT2D eigenvalue weighted by atomic mass is 10.1. The lowest BCUT2D eigenvalue weighted by Gasteiger charge is -2.26. The average Bonchev–Trinajstić information content (AvgIpc) is 2.41. The molecule has 1 N–H and O–H groups in total. The third-order valence-corrected chi connectivity index (χ3v) is 2.86. The zero-order chi connectivity index (χ0) is 17.8. The molecule has 0 fully saturated rings. The van der Waals surface area contributed by atoms with Crippen molar-refractivity contribution in [2.45, 2.75) is 25.6 Å². The topological polar surface area (TPSA) is 49.8 Å². The highest BCUT2D eigenvalue weighted by Crippen LogP contribution is 2.33. The molecule has 1 amide bonds. The van der Waals surface area contributed by atoms with Crippen molar-refractivity contribution in [3.05, 3.63) is 42.0 Å². The number of benzene rings is 1. The molecule has 0 atom stereocenters. The maximum absolute atomic E-state index is 12.9. The van der Waals surface area contributed by atoms with Crippen LogP contribution < -0.4 is 4.74 Å². The summed E-state index contributed by atoms with van der Waals surface area (Å²) in [7, 11) is 1.40. The Morgan fingerprint density at radius 2 is 2.00 bits per heavy atom. The minimum Gasteiger partial charge on any atom is -0.489 e. The maximum Gasteiger partial charge on any atom is 0.416 e. The summed E-state index contributed by atoms with van der Waals surface area (Å²) >= 11 is 0. The number of alkyl halides is 3. The van der Waals surface area contributed by atoms with E-state index in [0.717, 1.165) is 23.1 Å². The number of ether oxygens (including phenoxy) is 1. The first-order valence-electron chi connectivity index (χ1n) is 6.88. The van der Waals surface area contributed by atoms with E-state index in [9.17, 15) is 23.1 Å². The quantitative estimate of drug-likeness (QED) is 0.815. The molecule has 0 aliphatic rings. The number of aliphatic hydroxyl groups is 1. The Hall–Kier alpha value is -2.02. The first-order valence-corrected chi connectivity index (χ1v) is 6.88. The molecule has 0 heterocycles. The second kappa shape index (κ2) is 7.04. The van der Waals surface area contributed by atoms with Crippen molar-refractivity contribution in [2.75, 3.05) is 20.2 Å². The molecule has 0 aromatic heterocycles. The van der Waals surface area contributed by atoms with Crippen LogP contribution in [0.4, 0.5) is 13.2 Å². The van der Waals surface area contributed by atoms with Gasteiger partial charge in [0.2, 0.25) is 0 Å². The average molecular weight is 331 g/mol. The van der Waals surface area contributed by atoms with Crippen LogP contribution in [0.1, 0.15) is 29.8 Å². The van der Waals surface area contributed by atoms with Gasteiger partial charge in [0.05, 0.1) is 16.7 Å². The summed E-state index contributed by atoms with van der Waals surface area (Å²) in [5.74, 6) is -0.636. The first-order chi connectivity index (χ1) is 10.5. The van der Waals surface area contributed by atoms with Gasteiger partial charge in [0, 0.05) is 13.6 Å². The molecule has 0 aliphatic heterocycles. The molecule has 128 valence electrons. The van der Waals surface area contributed by atoms with Gasteiger partial charge >= 0.3 is 6.18 Å². The fourth-order valence-electron chi connectivity index (χ4n) is 2.01. The molecule has 23 heavy (non-hydrogen) atoms. The minimum atomic E-state index is -4.57. The van der Waals surface area contributed by atoms with Gasteiger partial charge in [-0.2, -0.15) is 13.2 Å². The molecule has 0 aliphatic carbocycles. The van der Waals surface area contributed by atoms with Crippen LogP contribution in [0.15, 0.2) is 30.9 Å². The molecular weight excluding hydrogens is 311 g/mol. The van der Waals surface area contributed by atoms with E-state index in [1.807, 2.05) is 0 Å². The van der Waals surface area contributed by atoms with E-state index in [1.165, 1.54) is 27.0 Å². The number of carbonyl (C=O) groups excluding carboxylic acids is 1. The van der Waals surface area contributed by atoms with E-state index in [-0.39, 0.29) is 24.5 Å². The highest BCUT2D eigenvalue weighted by molar-refractivity contribution is 5.97. The molecule has 0 saturated carbocycles. The summed E-state index contributed by atoms with van der Waals surface area (Å²) in [5, 5.41) is 9.76. The molecule has 7 heteroatoms. The van der Waals surface area contributed by atoms with E-state index >= 15 is 0 Å². The normalized spacial score (nSPS) is 12.0. The second-order valence-corrected chi connectivity index (χ2v) is 5.78. The van der Waals surface area contributed by atoms with Gasteiger partial charge in [0.1, 0.15) is 12.4 Å². The lowest BCUT2D eigenvalue weighted by Crippen LogP contribution is -2.39. The highest BCUT2D eigenvalue weighted by atomic mass is 19.4. The molecule has 0 radical (unpaired) electrons. The molecule has 1 aromatic rings. The Labute approximate surface area is 133 Å². The van der Waals surface area contributed by atoms with Gasteiger partial charge in [-0.15, -0.1) is 0 Å². The Bertz CT molecular complexity index is 577. The van der Waals surface area contributed by atoms with Crippen molar-refractivity contribution in [1.29, 1.82) is 0 Å². The van der Waals surface area contributed by atoms with Crippen molar-refractivity contribution in [3.8, 4) is 5.75 Å². The number of nitrogens with zero attached hydrogens (tertiary/aromatic N) is 1. The number of halogens is 3. The van der Waals surface area contributed by atoms with E-state index in [1.54, 1.807) is 0 Å². The third-order valence-electron chi connectivity index (χ3n) is 2.86. The van der Waals surface area contributed by atoms with Crippen LogP contribution in [0.5, 0.6) is 5.75 Å². The Balaban J connectivity index is 3.22. The van der Waals surface area contributed by atoms with Crippen LogP contribution in [0.25, 0.3) is 0 Å². The molecule has 1 aromatic carbocycles. The van der Waals surface area contributed by atoms with Gasteiger partial charge in [-0.25, -0.2) is 0 Å². The van der Waals surface area contributed by atoms with Crippen LogP contribution in [0.2, 0.25) is 0 Å². The standard InChI is InChI=1S/C16H20F3NO3/c1-5-8-23-13-7-6-11(16(17,18)19)9-12(13)14(21)20(4)10-15(2,3)22/h5-7,9,22H,1,8,10H2,2-4H3. The summed E-state index contributed by atoms with van der Waals surface area (Å²) in [6.45, 7) is 6.47. The van der Waals surface area contributed by atoms with E-state index in [4.69, 9.17) is 4.74 Å². The number of amides is 1. The smallest absolute Gasteiger partial charge is 0.416 e. The Kier molecular flexibility index (Phi) is 5.82. The predicted octanol–water partition coefficient (Wildman–Crippen LogP) is 3.11. The largest absolute Gasteiger partial charge is 0.489 e. The number of hydrogen-bond donors (Lipinski definition) is 1. The SMILES string of the molecule is C=CCOc1ccc(C(F)(F)F)cc1C(=O)N(C)CC(C)(C)O. The summed E-state index contributed by atoms with van der Waals surface area (Å²) in [6.07, 6.45) is -3.15. The first kappa shape index (κ1) is 19.0. The predicted molar refractivity (Wildman–Crippen MR) is 80.4 cm³/mol. The third kappa shape index (κ3) is 5.59. The summed E-state index contributed by atoms with van der Waals surface area (Å²) < 4.78 is 43.9. The van der Waals surface area contributed by atoms with Crippen LogP contribution in [-0.2, 0) is 6.18 Å². The van der Waals surface area contributed by atoms with E-state index in [2.05, 4.69) is 6.58 Å². The number of carbonyl (C=O) groups is 1. The molecule has 0 bridgehead atoms. The minimum absolute atomic E-state index is 0.0329. The maximum atomic E-state index is 12.9. The highest BCUT2D eigenvalue weighted by Gasteiger charge is 2.33. The number of rotatable bonds is 6. The van der Waals surface area contributed by atoms with Crippen molar-refractivity contribution in [3.63, 3.8) is 0 Å². The lowest BCUT2D eigenvalue weighted by molar-refractivity contribution is -0.137. The second-order valence-electron chi connectivity index (χ2n) is 5.78. The van der Waals surface area contributed by atoms with Gasteiger partial charge in [-0.1, -0.05) is 12.7 Å². The Morgan fingerprint density at radius 3 is 2.48 bits per heavy atom. The van der Waals surface area contributed by atoms with Gasteiger partial charge < -0.3 is 14.7 Å². The van der Waals surface area contributed by atoms with Crippen LogP contribution in [0.3, 0.4) is 0 Å². The van der Waals surface area contributed by atoms with Crippen LogP contribution in [0, 0.1) is 0 Å². The monoisotopic (exact) mass is 331 g/mol. The number of likely N-dealkylation sites (N-methyl/N-ethyl adjacent to an activating group) is 1. The van der Waals surface area contributed by atoms with Crippen LogP contribution >= 0.6 is 0 Å². The fourth-order valence-corrected chi connectivity index (χ4v) is 2.01. The Morgan fingerprint density at radius 1 is 1.39 bits per heavy atom. The van der Waals surface area contributed by atoms with Crippen molar-refractivity contribution in [2.24, 2.45) is 0 Å². The van der Waals surface area contributed by atoms with Gasteiger partial charge in [-0.05, 0) is 32.0 Å². The zero-order valence-corrected chi connectivity index (χ0v) is 13.3. The zero-order valence-electron chi connectivity index (χ0n) is 13.3. The molecular formula is C16H20F3NO3. The van der Waals surface area contributed by atoms with E-state index < -0.39 is 23.2 Å². The fraction of sp³-hybridized carbons (Fsp3) is 0.438. The molecule has 0 unspecified atom stereocenters. The van der Waals surface area contributed by atoms with E-state index in [0.29, 0.717) is 0 Å². The molecule has 1 rings (SSSR count). The van der Waals surface area contributed by atoms with Crippen LogP contribution in [-0.4, -0.2) is 41.7 Å². The number of hydrogen-bond acceptors (Lipinski definition) is 3. The molecule has 0 saturated heterocycles. The van der Waals surface area contributed by atoms with Crippen molar-refractivity contribution < 1.29 is 27.8 Å². The van der Waals surface area contributed by atoms with Gasteiger partial charge in [-0.3, -0.25) is 4.79 Å². The molecule has 0 spiro atoms. The van der Waals surface area contributed by atoms with Gasteiger partial charge in [0.15, 0.2) is 0 Å². The summed E-state index contributed by atoms with van der Waals surface area (Å²) in [5.41, 5.74) is -2.33. The summed E-state index contributed by atoms with van der Waals surface area (Å²) in [6, 6.07) is 2.71. The van der Waals surface area contributed by atoms with Crippen molar-refractivity contribution >= 4 is 5.91 Å². The van der Waals surface area contributed by atoms with Crippen molar-refractivity contribution in [1.82, 2.24) is 4.90 Å².